The smallest absolute Gasteiger partial charge is 0.261 e. The fraction of sp³-hybridized carbons (Fsp3) is 0.333. The molecule has 1 aliphatic heterocycles. The van der Waals surface area contributed by atoms with E-state index in [1.54, 1.807) is 66.7 Å². The summed E-state index contributed by atoms with van der Waals surface area (Å²) in [6.45, 7) is 7.07. The van der Waals surface area contributed by atoms with Crippen LogP contribution in [0, 0.1) is 0 Å². The fourth-order valence-electron chi connectivity index (χ4n) is 4.72. The minimum Gasteiger partial charge on any atom is -0.497 e. The highest BCUT2D eigenvalue weighted by atomic mass is 32.2. The van der Waals surface area contributed by atoms with Crippen LogP contribution in [0.5, 0.6) is 5.75 Å². The van der Waals surface area contributed by atoms with Crippen molar-refractivity contribution in [1.29, 1.82) is 0 Å². The van der Waals surface area contributed by atoms with E-state index in [9.17, 15) is 18.0 Å². The average molecular weight is 565 g/mol. The lowest BCUT2D eigenvalue weighted by molar-refractivity contribution is -0.132. The van der Waals surface area contributed by atoms with Gasteiger partial charge >= 0.3 is 0 Å². The Bertz CT molecular complexity index is 1510. The zero-order valence-corrected chi connectivity index (χ0v) is 24.5. The van der Waals surface area contributed by atoms with E-state index in [2.05, 4.69) is 36.1 Å². The number of nitrogens with zero attached hydrogens (tertiary/aromatic N) is 1. The van der Waals surface area contributed by atoms with Crippen LogP contribution >= 0.6 is 0 Å². The van der Waals surface area contributed by atoms with Gasteiger partial charge in [0.25, 0.3) is 10.0 Å². The minimum absolute atomic E-state index is 0.109. The van der Waals surface area contributed by atoms with Gasteiger partial charge in [0.15, 0.2) is 5.41 Å². The summed E-state index contributed by atoms with van der Waals surface area (Å²) in [5.74, 6) is -0.453. The minimum atomic E-state index is -3.94. The number of carbonyl (C=O) groups is 2. The van der Waals surface area contributed by atoms with E-state index in [1.807, 2.05) is 19.0 Å². The topological polar surface area (TPSA) is 117 Å². The Balaban J connectivity index is 1.75. The van der Waals surface area contributed by atoms with E-state index in [4.69, 9.17) is 4.74 Å². The highest BCUT2D eigenvalue weighted by Crippen LogP contribution is 2.45. The second-order valence-electron chi connectivity index (χ2n) is 11.1. The van der Waals surface area contributed by atoms with Gasteiger partial charge in [-0.3, -0.25) is 14.3 Å². The lowest BCUT2D eigenvalue weighted by Crippen LogP contribution is -2.51. The van der Waals surface area contributed by atoms with Crippen molar-refractivity contribution in [2.24, 2.45) is 0 Å². The number of benzene rings is 3. The van der Waals surface area contributed by atoms with Gasteiger partial charge in [-0.15, -0.1) is 0 Å². The molecular formula is C30H36N4O5S. The largest absolute Gasteiger partial charge is 0.497 e. The van der Waals surface area contributed by atoms with Crippen molar-refractivity contribution in [3.8, 4) is 5.75 Å². The van der Waals surface area contributed by atoms with Crippen LogP contribution in [-0.4, -0.2) is 59.4 Å². The zero-order chi connectivity index (χ0) is 29.3. The fourth-order valence-corrected chi connectivity index (χ4v) is 5.77. The number of hydrogen-bond acceptors (Lipinski definition) is 6. The molecule has 9 nitrogen and oxygen atoms in total. The molecule has 1 aliphatic rings. The summed E-state index contributed by atoms with van der Waals surface area (Å²) in [5.41, 5.74) is 0.614. The SMILES string of the molecule is COc1ccc(C2(C(=O)NCCN(C)C)C(=O)Nc3ccc(NS(=O)(=O)c4ccc(C(C)(C)C)cc4)cc32)cc1. The summed E-state index contributed by atoms with van der Waals surface area (Å²) < 4.78 is 34.4. The van der Waals surface area contributed by atoms with Crippen LogP contribution in [-0.2, 0) is 30.4 Å². The number of likely N-dealkylation sites (N-methyl/N-ethyl adjacent to an activating group) is 1. The Morgan fingerprint density at radius 2 is 1.65 bits per heavy atom. The molecule has 1 unspecified atom stereocenters. The maximum Gasteiger partial charge on any atom is 0.261 e. The van der Waals surface area contributed by atoms with Gasteiger partial charge in [-0.2, -0.15) is 0 Å². The summed E-state index contributed by atoms with van der Waals surface area (Å²) in [6, 6.07) is 18.2. The first-order chi connectivity index (χ1) is 18.8. The van der Waals surface area contributed by atoms with Crippen LogP contribution in [0.1, 0.15) is 37.5 Å². The van der Waals surface area contributed by atoms with Crippen LogP contribution < -0.4 is 20.1 Å². The molecular weight excluding hydrogens is 528 g/mol. The number of ether oxygens (including phenoxy) is 1. The summed E-state index contributed by atoms with van der Waals surface area (Å²) in [5, 5.41) is 5.71. The Kier molecular flexibility index (Phi) is 7.96. The van der Waals surface area contributed by atoms with Crippen molar-refractivity contribution in [1.82, 2.24) is 10.2 Å². The van der Waals surface area contributed by atoms with Crippen LogP contribution in [0.15, 0.2) is 71.6 Å². The lowest BCUT2D eigenvalue weighted by Gasteiger charge is -2.28. The number of sulfonamides is 1. The molecule has 0 saturated carbocycles. The first kappa shape index (κ1) is 29.1. The number of amides is 2. The van der Waals surface area contributed by atoms with E-state index >= 15 is 0 Å². The van der Waals surface area contributed by atoms with Gasteiger partial charge in [0.05, 0.1) is 12.0 Å². The van der Waals surface area contributed by atoms with Gasteiger partial charge in [0.2, 0.25) is 11.8 Å². The third-order valence-electron chi connectivity index (χ3n) is 7.00. The third kappa shape index (κ3) is 5.55. The van der Waals surface area contributed by atoms with Gasteiger partial charge in [-0.05, 0) is 73.1 Å². The zero-order valence-electron chi connectivity index (χ0n) is 23.7. The number of anilines is 2. The van der Waals surface area contributed by atoms with Crippen molar-refractivity contribution in [3.05, 3.63) is 83.4 Å². The quantitative estimate of drug-likeness (QED) is 0.341. The molecule has 0 fully saturated rings. The molecule has 0 saturated heterocycles. The number of fused-ring (bicyclic) bond motifs is 1. The molecule has 0 aromatic heterocycles. The van der Waals surface area contributed by atoms with Gasteiger partial charge in [0.1, 0.15) is 5.75 Å². The molecule has 0 aliphatic carbocycles. The molecule has 0 radical (unpaired) electrons. The molecule has 3 aromatic carbocycles. The van der Waals surface area contributed by atoms with Crippen LogP contribution in [0.4, 0.5) is 11.4 Å². The maximum absolute atomic E-state index is 13.8. The molecule has 212 valence electrons. The van der Waals surface area contributed by atoms with Gasteiger partial charge in [-0.25, -0.2) is 8.42 Å². The number of methoxy groups -OCH3 is 1. The number of carbonyl (C=O) groups excluding carboxylic acids is 2. The molecule has 0 bridgehead atoms. The lowest BCUT2D eigenvalue weighted by atomic mass is 9.74. The monoisotopic (exact) mass is 564 g/mol. The first-order valence-electron chi connectivity index (χ1n) is 13.0. The summed E-state index contributed by atoms with van der Waals surface area (Å²) in [4.78, 5) is 29.5. The molecule has 1 heterocycles. The standard InChI is InChI=1S/C30H36N4O5S/c1-29(2,3)20-9-14-24(15-10-20)40(37,38)33-22-11-16-26-25(19-22)30(28(36)32-26,27(35)31-17-18-34(4)5)21-7-12-23(39-6)13-8-21/h7-16,19,33H,17-18H2,1-6H3,(H,31,35)(H,32,36). The average Bonchev–Trinajstić information content (AvgIpc) is 3.19. The van der Waals surface area contributed by atoms with E-state index in [1.165, 1.54) is 7.11 Å². The molecule has 3 N–H and O–H groups in total. The molecule has 4 rings (SSSR count). The number of nitrogens with one attached hydrogen (secondary N) is 3. The molecule has 10 heteroatoms. The molecule has 0 spiro atoms. The Labute approximate surface area is 236 Å². The van der Waals surface area contributed by atoms with Crippen molar-refractivity contribution in [3.63, 3.8) is 0 Å². The predicted octanol–water partition coefficient (Wildman–Crippen LogP) is 3.71. The normalized spacial score (nSPS) is 16.8. The van der Waals surface area contributed by atoms with Crippen molar-refractivity contribution in [2.75, 3.05) is 44.3 Å². The second-order valence-corrected chi connectivity index (χ2v) is 12.8. The Hall–Kier alpha value is -3.89. The van der Waals surface area contributed by atoms with E-state index in [0.717, 1.165) is 5.56 Å². The van der Waals surface area contributed by atoms with Crippen molar-refractivity contribution >= 4 is 33.2 Å². The van der Waals surface area contributed by atoms with Crippen LogP contribution in [0.2, 0.25) is 0 Å². The highest BCUT2D eigenvalue weighted by molar-refractivity contribution is 7.92. The number of hydrogen-bond donors (Lipinski definition) is 3. The molecule has 3 aromatic rings. The molecule has 1 atom stereocenters. The Morgan fingerprint density at radius 1 is 1.00 bits per heavy atom. The van der Waals surface area contributed by atoms with Crippen LogP contribution in [0.25, 0.3) is 0 Å². The third-order valence-corrected chi connectivity index (χ3v) is 8.40. The van der Waals surface area contributed by atoms with E-state index in [-0.39, 0.29) is 16.0 Å². The molecule has 2 amide bonds. The van der Waals surface area contributed by atoms with E-state index in [0.29, 0.717) is 35.7 Å². The highest BCUT2D eigenvalue weighted by Gasteiger charge is 2.54. The predicted molar refractivity (Wildman–Crippen MR) is 156 cm³/mol. The van der Waals surface area contributed by atoms with E-state index < -0.39 is 27.3 Å². The van der Waals surface area contributed by atoms with Crippen molar-refractivity contribution in [2.45, 2.75) is 36.5 Å². The van der Waals surface area contributed by atoms with Crippen molar-refractivity contribution < 1.29 is 22.7 Å². The maximum atomic E-state index is 13.8. The summed E-state index contributed by atoms with van der Waals surface area (Å²) >= 11 is 0. The van der Waals surface area contributed by atoms with Gasteiger partial charge in [0, 0.05) is 30.0 Å². The molecule has 40 heavy (non-hydrogen) atoms. The van der Waals surface area contributed by atoms with Crippen LogP contribution in [0.3, 0.4) is 0 Å². The van der Waals surface area contributed by atoms with Gasteiger partial charge in [-0.1, -0.05) is 45.0 Å². The summed E-state index contributed by atoms with van der Waals surface area (Å²) in [7, 11) is 1.37. The number of rotatable bonds is 9. The first-order valence-corrected chi connectivity index (χ1v) is 14.4. The second kappa shape index (κ2) is 10.9. The Morgan fingerprint density at radius 3 is 2.23 bits per heavy atom. The summed E-state index contributed by atoms with van der Waals surface area (Å²) in [6.07, 6.45) is 0. The van der Waals surface area contributed by atoms with Gasteiger partial charge < -0.3 is 20.3 Å².